The van der Waals surface area contributed by atoms with Crippen molar-refractivity contribution in [2.24, 2.45) is 0 Å². The number of aromatic nitrogens is 1. The first kappa shape index (κ1) is 57.6. The lowest BCUT2D eigenvalue weighted by Crippen LogP contribution is -2.34. The van der Waals surface area contributed by atoms with Gasteiger partial charge in [-0.2, -0.15) is 0 Å². The number of unbranched alkanes of at least 4 members (excludes halogenated alkanes) is 25. The average Bonchev–Trinajstić information content (AvgIpc) is 3.81. The molecule has 0 aliphatic heterocycles. The van der Waals surface area contributed by atoms with Crippen molar-refractivity contribution in [3.05, 3.63) is 18.4 Å². The first-order valence-electron chi connectivity index (χ1n) is 26.3. The smallest absolute Gasteiger partial charge is 0.306 e. The van der Waals surface area contributed by atoms with E-state index in [4.69, 9.17) is 13.9 Å². The van der Waals surface area contributed by atoms with E-state index in [9.17, 15) is 19.5 Å². The van der Waals surface area contributed by atoms with E-state index in [1.54, 1.807) is 0 Å². The van der Waals surface area contributed by atoms with Crippen LogP contribution in [0.3, 0.4) is 0 Å². The zero-order chi connectivity index (χ0) is 45.0. The lowest BCUT2D eigenvalue weighted by atomic mass is 10.0. The number of carbonyl (C=O) groups excluding carboxylic acids is 3. The maximum atomic E-state index is 12.9. The Labute approximate surface area is 380 Å². The summed E-state index contributed by atoms with van der Waals surface area (Å²) in [7, 11) is 0. The van der Waals surface area contributed by atoms with Crippen molar-refractivity contribution >= 4 is 17.8 Å². The third kappa shape index (κ3) is 37.0. The highest BCUT2D eigenvalue weighted by Crippen LogP contribution is 2.19. The molecule has 1 aromatic rings. The second-order valence-corrected chi connectivity index (χ2v) is 18.2. The number of aliphatic hydroxyl groups is 1. The van der Waals surface area contributed by atoms with Crippen LogP contribution in [-0.4, -0.2) is 77.8 Å². The number of hydrogen-bond donors (Lipinski definition) is 2. The predicted octanol–water partition coefficient (Wildman–Crippen LogP) is 13.6. The molecule has 1 aromatic heterocycles. The zero-order valence-electron chi connectivity index (χ0n) is 40.6. The molecule has 2 N–H and O–H groups in total. The van der Waals surface area contributed by atoms with Crippen molar-refractivity contribution in [1.82, 2.24) is 15.2 Å². The van der Waals surface area contributed by atoms with E-state index in [2.05, 4.69) is 36.0 Å². The monoisotopic (exact) mass is 876 g/mol. The standard InChI is InChI=1S/C52H97N3O7/c1-4-7-10-13-16-17-18-24-34-43-60-50(57)38-29-25-33-42-55(45-47(56)35-30-31-40-54-52(59)49-44-53-46-61-49)41-32-23-19-22-28-39-51(58)62-48(36-26-20-14-11-8-5-2)37-27-21-15-12-9-6-3/h44,46-48,56H,4-43,45H2,1-3H3,(H,54,59). The van der Waals surface area contributed by atoms with Gasteiger partial charge in [-0.25, -0.2) is 4.98 Å². The maximum Gasteiger partial charge on any atom is 0.306 e. The number of carbonyl (C=O) groups is 3. The summed E-state index contributed by atoms with van der Waals surface area (Å²) in [6, 6.07) is 0. The van der Waals surface area contributed by atoms with Crippen molar-refractivity contribution in [2.75, 3.05) is 32.8 Å². The second-order valence-electron chi connectivity index (χ2n) is 18.2. The largest absolute Gasteiger partial charge is 0.466 e. The molecule has 0 bridgehead atoms. The van der Waals surface area contributed by atoms with Gasteiger partial charge in [0.1, 0.15) is 6.10 Å². The van der Waals surface area contributed by atoms with Gasteiger partial charge in [0.25, 0.3) is 5.91 Å². The molecule has 1 atom stereocenters. The number of aliphatic hydroxyl groups excluding tert-OH is 1. The summed E-state index contributed by atoms with van der Waals surface area (Å²) in [6.45, 7) is 10.3. The highest BCUT2D eigenvalue weighted by atomic mass is 16.5. The summed E-state index contributed by atoms with van der Waals surface area (Å²) in [4.78, 5) is 43.5. The molecule has 362 valence electrons. The Balaban J connectivity index is 2.39. The Morgan fingerprint density at radius 1 is 0.597 bits per heavy atom. The average molecular weight is 876 g/mol. The summed E-state index contributed by atoms with van der Waals surface area (Å²) in [5, 5.41) is 13.8. The van der Waals surface area contributed by atoms with Crippen LogP contribution in [0, 0.1) is 0 Å². The van der Waals surface area contributed by atoms with Crippen LogP contribution < -0.4 is 5.32 Å². The van der Waals surface area contributed by atoms with Gasteiger partial charge in [0.15, 0.2) is 6.39 Å². The molecule has 10 heteroatoms. The van der Waals surface area contributed by atoms with Gasteiger partial charge in [0, 0.05) is 25.9 Å². The van der Waals surface area contributed by atoms with E-state index < -0.39 is 6.10 Å². The molecule has 0 saturated heterocycles. The van der Waals surface area contributed by atoms with Gasteiger partial charge in [-0.1, -0.05) is 162 Å². The van der Waals surface area contributed by atoms with Gasteiger partial charge in [0.2, 0.25) is 5.76 Å². The van der Waals surface area contributed by atoms with Crippen molar-refractivity contribution < 1.29 is 33.4 Å². The lowest BCUT2D eigenvalue weighted by molar-refractivity contribution is -0.150. The molecule has 0 aliphatic rings. The van der Waals surface area contributed by atoms with Crippen LogP contribution in [0.5, 0.6) is 0 Å². The van der Waals surface area contributed by atoms with Crippen LogP contribution in [0.15, 0.2) is 17.0 Å². The van der Waals surface area contributed by atoms with Crippen LogP contribution >= 0.6 is 0 Å². The normalized spacial score (nSPS) is 12.0. The third-order valence-corrected chi connectivity index (χ3v) is 12.2. The molecular formula is C52H97N3O7. The Bertz CT molecular complexity index is 1120. The first-order chi connectivity index (χ1) is 30.4. The van der Waals surface area contributed by atoms with Crippen molar-refractivity contribution in [3.8, 4) is 0 Å². The number of nitrogens with one attached hydrogen (secondary N) is 1. The van der Waals surface area contributed by atoms with E-state index in [1.807, 2.05) is 0 Å². The molecule has 1 amide bonds. The van der Waals surface area contributed by atoms with Crippen LogP contribution in [0.25, 0.3) is 0 Å². The highest BCUT2D eigenvalue weighted by molar-refractivity contribution is 5.90. The number of nitrogens with zero attached hydrogens (tertiary/aromatic N) is 2. The fourth-order valence-electron chi connectivity index (χ4n) is 8.20. The van der Waals surface area contributed by atoms with Gasteiger partial charge >= 0.3 is 11.9 Å². The quantitative estimate of drug-likeness (QED) is 0.0485. The Morgan fingerprint density at radius 3 is 1.61 bits per heavy atom. The Kier molecular flexibility index (Phi) is 40.6. The molecule has 1 unspecified atom stereocenters. The molecule has 1 heterocycles. The van der Waals surface area contributed by atoms with Crippen LogP contribution in [0.4, 0.5) is 0 Å². The van der Waals surface area contributed by atoms with E-state index >= 15 is 0 Å². The molecule has 0 radical (unpaired) electrons. The number of hydrogen-bond acceptors (Lipinski definition) is 9. The summed E-state index contributed by atoms with van der Waals surface area (Å²) in [5.74, 6) is -0.164. The van der Waals surface area contributed by atoms with E-state index in [1.165, 1.54) is 122 Å². The van der Waals surface area contributed by atoms with Gasteiger partial charge in [0.05, 0.1) is 18.9 Å². The van der Waals surface area contributed by atoms with Crippen LogP contribution in [0.2, 0.25) is 0 Å². The molecule has 0 aromatic carbocycles. The number of esters is 2. The number of oxazole rings is 1. The number of rotatable bonds is 47. The van der Waals surface area contributed by atoms with E-state index in [-0.39, 0.29) is 29.7 Å². The number of ether oxygens (including phenoxy) is 2. The van der Waals surface area contributed by atoms with Crippen LogP contribution in [0.1, 0.15) is 262 Å². The Hall–Kier alpha value is -2.46. The molecule has 10 nitrogen and oxygen atoms in total. The molecule has 1 rings (SSSR count). The van der Waals surface area contributed by atoms with Crippen molar-refractivity contribution in [1.29, 1.82) is 0 Å². The van der Waals surface area contributed by atoms with E-state index in [0.29, 0.717) is 39.0 Å². The molecule has 0 saturated carbocycles. The SMILES string of the molecule is CCCCCCCCCCCOC(=O)CCCCCN(CCCCCCCC(=O)OC(CCCCCCCC)CCCCCCCC)CC(O)CCCCNC(=O)c1cnco1. The minimum absolute atomic E-state index is 0.0172. The molecule has 0 fully saturated rings. The first-order valence-corrected chi connectivity index (χ1v) is 26.3. The van der Waals surface area contributed by atoms with Gasteiger partial charge in [-0.15, -0.1) is 0 Å². The fourth-order valence-corrected chi connectivity index (χ4v) is 8.20. The van der Waals surface area contributed by atoms with Gasteiger partial charge in [-0.3, -0.25) is 14.4 Å². The predicted molar refractivity (Wildman–Crippen MR) is 255 cm³/mol. The summed E-state index contributed by atoms with van der Waals surface area (Å²) >= 11 is 0. The molecular weight excluding hydrogens is 779 g/mol. The fraction of sp³-hybridized carbons (Fsp3) is 0.885. The molecule has 62 heavy (non-hydrogen) atoms. The zero-order valence-corrected chi connectivity index (χ0v) is 40.6. The summed E-state index contributed by atoms with van der Waals surface area (Å²) < 4.78 is 16.6. The van der Waals surface area contributed by atoms with E-state index in [0.717, 1.165) is 116 Å². The number of amides is 1. The Morgan fingerprint density at radius 2 is 1.06 bits per heavy atom. The third-order valence-electron chi connectivity index (χ3n) is 12.2. The van der Waals surface area contributed by atoms with Crippen molar-refractivity contribution in [3.63, 3.8) is 0 Å². The van der Waals surface area contributed by atoms with Crippen LogP contribution in [-0.2, 0) is 19.1 Å². The summed E-state index contributed by atoms with van der Waals surface area (Å²) in [5.41, 5.74) is 0. The summed E-state index contributed by atoms with van der Waals surface area (Å²) in [6.07, 6.45) is 41.9. The topological polar surface area (TPSA) is 131 Å². The van der Waals surface area contributed by atoms with Crippen molar-refractivity contribution in [2.45, 2.75) is 264 Å². The second kappa shape index (κ2) is 43.8. The lowest BCUT2D eigenvalue weighted by Gasteiger charge is -2.25. The molecule has 0 aliphatic carbocycles. The highest BCUT2D eigenvalue weighted by Gasteiger charge is 2.16. The van der Waals surface area contributed by atoms with Gasteiger partial charge < -0.3 is 29.2 Å². The molecule has 0 spiro atoms. The minimum atomic E-state index is -0.437. The maximum absolute atomic E-state index is 12.9. The minimum Gasteiger partial charge on any atom is -0.466 e. The van der Waals surface area contributed by atoms with Gasteiger partial charge in [-0.05, 0) is 90.1 Å².